The van der Waals surface area contributed by atoms with E-state index in [-0.39, 0.29) is 11.6 Å². The topological polar surface area (TPSA) is 0 Å². The molecule has 4 aromatic heterocycles. The maximum Gasteiger partial charge on any atom is 0.123 e. The zero-order chi connectivity index (χ0) is 39.0. The molecule has 0 aliphatic heterocycles. The lowest BCUT2D eigenvalue weighted by molar-refractivity contribution is 0.556. The van der Waals surface area contributed by atoms with E-state index in [9.17, 15) is 8.78 Å². The lowest BCUT2D eigenvalue weighted by Gasteiger charge is -2.05. The Morgan fingerprint density at radius 2 is 0.732 bits per heavy atom. The van der Waals surface area contributed by atoms with Crippen molar-refractivity contribution in [2.24, 2.45) is 0 Å². The summed E-state index contributed by atoms with van der Waals surface area (Å²) in [7, 11) is 0. The number of halogens is 2. The van der Waals surface area contributed by atoms with Crippen molar-refractivity contribution >= 4 is 54.7 Å². The molecule has 0 saturated carbocycles. The van der Waals surface area contributed by atoms with Crippen LogP contribution in [0.3, 0.4) is 0 Å². The van der Waals surface area contributed by atoms with E-state index < -0.39 is 0 Å². The molecule has 56 heavy (non-hydrogen) atoms. The molecule has 0 atom stereocenters. The van der Waals surface area contributed by atoms with Gasteiger partial charge in [0.1, 0.15) is 11.6 Å². The molecule has 0 aliphatic rings. The first-order chi connectivity index (χ1) is 27.5. The molecule has 0 aliphatic carbocycles. The van der Waals surface area contributed by atoms with Crippen LogP contribution in [0.2, 0.25) is 0 Å². The number of aryl methyl sites for hydroxylation is 2. The lowest BCUT2D eigenvalue weighted by atomic mass is 10.0. The average Bonchev–Trinajstić information content (AvgIpc) is 4.00. The molecule has 4 heterocycles. The fraction of sp³-hybridized carbons (Fsp3) is 0.480. The van der Waals surface area contributed by atoms with Crippen molar-refractivity contribution in [1.82, 2.24) is 0 Å². The van der Waals surface area contributed by atoms with Gasteiger partial charge in [-0.15, -0.1) is 45.3 Å². The van der Waals surface area contributed by atoms with Gasteiger partial charge in [0.25, 0.3) is 0 Å². The van der Waals surface area contributed by atoms with Crippen LogP contribution in [-0.2, 0) is 12.8 Å². The van der Waals surface area contributed by atoms with E-state index >= 15 is 0 Å². The van der Waals surface area contributed by atoms with Crippen LogP contribution in [-0.4, -0.2) is 0 Å². The third kappa shape index (κ3) is 12.7. The first-order valence-electron chi connectivity index (χ1n) is 21.8. The molecule has 0 N–H and O–H groups in total. The Labute approximate surface area is 352 Å². The molecule has 0 fully saturated rings. The average molecular weight is 829 g/mol. The minimum atomic E-state index is -0.195. The quantitative estimate of drug-likeness (QED) is 0.0478. The van der Waals surface area contributed by atoms with Gasteiger partial charge in [-0.1, -0.05) is 154 Å². The Morgan fingerprint density at radius 3 is 1.21 bits per heavy atom. The summed E-state index contributed by atoms with van der Waals surface area (Å²) in [6.07, 6.45) is 29.0. The van der Waals surface area contributed by atoms with Gasteiger partial charge < -0.3 is 0 Å². The van der Waals surface area contributed by atoms with Gasteiger partial charge in [-0.05, 0) is 96.5 Å². The van der Waals surface area contributed by atoms with Gasteiger partial charge in [0.15, 0.2) is 0 Å². The number of unbranched alkanes of at least 4 members (excludes halogenated alkanes) is 18. The molecule has 0 amide bonds. The molecule has 0 nitrogen and oxygen atoms in total. The Kier molecular flexibility index (Phi) is 17.7. The van der Waals surface area contributed by atoms with Crippen molar-refractivity contribution in [2.45, 2.75) is 155 Å². The van der Waals surface area contributed by atoms with Crippen molar-refractivity contribution in [1.29, 1.82) is 0 Å². The highest BCUT2D eigenvalue weighted by Crippen LogP contribution is 2.49. The normalized spacial score (nSPS) is 11.7. The summed E-state index contributed by atoms with van der Waals surface area (Å²) in [4.78, 5) is 7.96. The van der Waals surface area contributed by atoms with Crippen LogP contribution in [0.4, 0.5) is 8.78 Å². The second kappa shape index (κ2) is 23.1. The van der Waals surface area contributed by atoms with Crippen molar-refractivity contribution in [3.63, 3.8) is 0 Å². The molecular formula is C50H62F2S4. The van der Waals surface area contributed by atoms with E-state index in [2.05, 4.69) is 38.1 Å². The minimum Gasteiger partial charge on any atom is -0.207 e. The van der Waals surface area contributed by atoms with Crippen LogP contribution in [0.25, 0.3) is 49.8 Å². The second-order valence-electron chi connectivity index (χ2n) is 15.8. The summed E-state index contributed by atoms with van der Waals surface area (Å²) in [5, 5.41) is 0. The predicted molar refractivity (Wildman–Crippen MR) is 248 cm³/mol. The molecule has 0 spiro atoms. The number of hydrogen-bond donors (Lipinski definition) is 0. The van der Waals surface area contributed by atoms with Crippen LogP contribution in [0.5, 0.6) is 0 Å². The lowest BCUT2D eigenvalue weighted by Crippen LogP contribution is -1.88. The van der Waals surface area contributed by atoms with Crippen molar-refractivity contribution in [3.8, 4) is 40.4 Å². The van der Waals surface area contributed by atoms with Crippen LogP contribution >= 0.6 is 45.3 Å². The predicted octanol–water partition coefficient (Wildman–Crippen LogP) is 19.0. The smallest absolute Gasteiger partial charge is 0.123 e. The van der Waals surface area contributed by atoms with E-state index in [4.69, 9.17) is 0 Å². The Morgan fingerprint density at radius 1 is 0.357 bits per heavy atom. The summed E-state index contributed by atoms with van der Waals surface area (Å²) < 4.78 is 30.3. The standard InChI is InChI=1S/C50H62F2S4/c1-3-5-7-9-11-13-15-17-19-21-23-39-33-44(55-49(39)38-27-31-42(52)32-28-38)45-34-40(24-22-20-18-16-14-12-10-8-6-4-2)50(56-45)48-36-47-46(54-48)35-43(53-47)37-25-29-41(51)30-26-37/h25-36H,3-24H2,1-2H3. The highest BCUT2D eigenvalue weighted by atomic mass is 32.1. The summed E-state index contributed by atoms with van der Waals surface area (Å²) in [6, 6.07) is 23.6. The minimum absolute atomic E-state index is 0.179. The van der Waals surface area contributed by atoms with E-state index in [1.807, 2.05) is 58.3 Å². The van der Waals surface area contributed by atoms with Gasteiger partial charge >= 0.3 is 0 Å². The van der Waals surface area contributed by atoms with E-state index in [0.717, 1.165) is 24.0 Å². The highest BCUT2D eigenvalue weighted by molar-refractivity contribution is 7.33. The Balaban J connectivity index is 1.18. The Bertz CT molecular complexity index is 1970. The van der Waals surface area contributed by atoms with Gasteiger partial charge in [-0.3, -0.25) is 0 Å². The van der Waals surface area contributed by atoms with Crippen molar-refractivity contribution in [2.75, 3.05) is 0 Å². The fourth-order valence-corrected chi connectivity index (χ4v) is 12.9. The van der Waals surface area contributed by atoms with Gasteiger partial charge in [-0.2, -0.15) is 0 Å². The number of fused-ring (bicyclic) bond motifs is 1. The second-order valence-corrected chi connectivity index (χ2v) is 20.0. The molecule has 300 valence electrons. The van der Waals surface area contributed by atoms with E-state index in [1.165, 1.54) is 178 Å². The van der Waals surface area contributed by atoms with Crippen molar-refractivity contribution in [3.05, 3.63) is 95.6 Å². The van der Waals surface area contributed by atoms with Gasteiger partial charge in [0.05, 0.1) is 0 Å². The SMILES string of the molecule is CCCCCCCCCCCCc1cc(-c2cc(CCCCCCCCCCCC)c(-c3cc4sc(-c5ccc(F)cc5)cc4s3)s2)sc1-c1ccc(F)cc1. The number of hydrogen-bond acceptors (Lipinski definition) is 4. The molecule has 0 radical (unpaired) electrons. The van der Waals surface area contributed by atoms with Crippen molar-refractivity contribution < 1.29 is 8.78 Å². The molecule has 0 bridgehead atoms. The molecule has 6 aromatic rings. The number of benzene rings is 2. The molecule has 2 aromatic carbocycles. The molecule has 6 heteroatoms. The maximum absolute atomic E-state index is 14.0. The zero-order valence-corrected chi connectivity index (χ0v) is 37.1. The summed E-state index contributed by atoms with van der Waals surface area (Å²) in [5.74, 6) is -0.374. The third-order valence-electron chi connectivity index (χ3n) is 11.1. The highest BCUT2D eigenvalue weighted by Gasteiger charge is 2.20. The molecular weight excluding hydrogens is 767 g/mol. The first kappa shape index (κ1) is 43.0. The van der Waals surface area contributed by atoms with Crippen LogP contribution in [0, 0.1) is 11.6 Å². The zero-order valence-electron chi connectivity index (χ0n) is 33.9. The molecule has 6 rings (SSSR count). The summed E-state index contributed by atoms with van der Waals surface area (Å²) in [6.45, 7) is 4.58. The maximum atomic E-state index is 14.0. The monoisotopic (exact) mass is 828 g/mol. The van der Waals surface area contributed by atoms with Gasteiger partial charge in [0.2, 0.25) is 0 Å². The van der Waals surface area contributed by atoms with Gasteiger partial charge in [0, 0.05) is 38.7 Å². The van der Waals surface area contributed by atoms with Crippen LogP contribution < -0.4 is 0 Å². The first-order valence-corrected chi connectivity index (χ1v) is 25.1. The fourth-order valence-electron chi connectivity index (χ4n) is 7.84. The molecule has 0 saturated heterocycles. The Hall–Kier alpha value is -2.64. The van der Waals surface area contributed by atoms with E-state index in [1.54, 1.807) is 35.6 Å². The van der Waals surface area contributed by atoms with Crippen LogP contribution in [0.1, 0.15) is 153 Å². The van der Waals surface area contributed by atoms with Crippen LogP contribution in [0.15, 0.2) is 72.8 Å². The number of thiophene rings is 4. The van der Waals surface area contributed by atoms with Gasteiger partial charge in [-0.25, -0.2) is 8.78 Å². The summed E-state index contributed by atoms with van der Waals surface area (Å²) >= 11 is 7.54. The van der Waals surface area contributed by atoms with E-state index in [0.29, 0.717) is 0 Å². The third-order valence-corrected chi connectivity index (χ3v) is 16.2. The number of rotatable bonds is 26. The summed E-state index contributed by atoms with van der Waals surface area (Å²) in [5.41, 5.74) is 5.09. The molecule has 0 unspecified atom stereocenters. The largest absolute Gasteiger partial charge is 0.207 e.